The normalized spacial score (nSPS) is 14.3. The van der Waals surface area contributed by atoms with Crippen LogP contribution in [-0.4, -0.2) is 46.9 Å². The minimum atomic E-state index is -0.523. The number of nitro groups is 2. The van der Waals surface area contributed by atoms with Crippen molar-refractivity contribution in [1.29, 1.82) is 0 Å². The fourth-order valence-corrected chi connectivity index (χ4v) is 3.29. The van der Waals surface area contributed by atoms with Gasteiger partial charge in [0, 0.05) is 42.9 Å². The molecule has 2 aromatic rings. The van der Waals surface area contributed by atoms with Crippen molar-refractivity contribution in [2.75, 3.05) is 25.5 Å². The molecule has 152 valence electrons. The molecule has 1 aliphatic heterocycles. The molecule has 1 saturated heterocycles. The van der Waals surface area contributed by atoms with Gasteiger partial charge < -0.3 is 15.0 Å². The molecule has 29 heavy (non-hydrogen) atoms. The minimum absolute atomic E-state index is 0.0511. The molecule has 1 fully saturated rings. The number of non-ortho nitro benzene ring substituents is 2. The summed E-state index contributed by atoms with van der Waals surface area (Å²) in [4.78, 5) is 35.1. The number of piperidine rings is 1. The molecule has 0 saturated carbocycles. The van der Waals surface area contributed by atoms with Gasteiger partial charge in [0.15, 0.2) is 0 Å². The molecule has 1 heterocycles. The average Bonchev–Trinajstić information content (AvgIpc) is 2.74. The lowest BCUT2D eigenvalue weighted by molar-refractivity contribution is -0.385. The van der Waals surface area contributed by atoms with Gasteiger partial charge >= 0.3 is 0 Å². The van der Waals surface area contributed by atoms with Gasteiger partial charge in [-0.25, -0.2) is 0 Å². The van der Waals surface area contributed by atoms with Crippen LogP contribution in [0.15, 0.2) is 42.5 Å². The Bertz CT molecular complexity index is 940. The second-order valence-electron chi connectivity index (χ2n) is 6.66. The maximum absolute atomic E-state index is 12.6. The number of ether oxygens (including phenoxy) is 1. The Kier molecular flexibility index (Phi) is 5.91. The monoisotopic (exact) mass is 400 g/mol. The number of hydrogen-bond donors (Lipinski definition) is 1. The van der Waals surface area contributed by atoms with Gasteiger partial charge in [-0.2, -0.15) is 0 Å². The fraction of sp³-hybridized carbons (Fsp3) is 0.316. The Labute approximate surface area is 166 Å². The Morgan fingerprint density at radius 3 is 2.34 bits per heavy atom. The largest absolute Gasteiger partial charge is 0.494 e. The van der Waals surface area contributed by atoms with E-state index in [1.165, 1.54) is 37.4 Å². The summed E-state index contributed by atoms with van der Waals surface area (Å²) >= 11 is 0. The van der Waals surface area contributed by atoms with E-state index in [4.69, 9.17) is 4.74 Å². The van der Waals surface area contributed by atoms with Gasteiger partial charge in [-0.05, 0) is 25.0 Å². The number of amides is 1. The van der Waals surface area contributed by atoms with Gasteiger partial charge in [0.2, 0.25) is 0 Å². The van der Waals surface area contributed by atoms with E-state index in [1.54, 1.807) is 17.0 Å². The third-order valence-electron chi connectivity index (χ3n) is 4.84. The van der Waals surface area contributed by atoms with Gasteiger partial charge in [-0.15, -0.1) is 0 Å². The first-order valence-electron chi connectivity index (χ1n) is 9.01. The SMILES string of the molecule is COc1cc([N+](=O)[O-])ccc1NC1CCN(C(=O)c2cccc([N+](=O)[O-])c2)CC1. The number of methoxy groups -OCH3 is 1. The molecular formula is C19H20N4O6. The summed E-state index contributed by atoms with van der Waals surface area (Å²) in [5.74, 6) is 0.148. The van der Waals surface area contributed by atoms with E-state index >= 15 is 0 Å². The van der Waals surface area contributed by atoms with Crippen molar-refractivity contribution in [3.63, 3.8) is 0 Å². The summed E-state index contributed by atoms with van der Waals surface area (Å²) < 4.78 is 5.24. The number of nitrogens with one attached hydrogen (secondary N) is 1. The number of carbonyl (C=O) groups excluding carboxylic acids is 1. The third kappa shape index (κ3) is 4.60. The molecule has 0 atom stereocenters. The van der Waals surface area contributed by atoms with Crippen molar-refractivity contribution in [1.82, 2.24) is 4.90 Å². The van der Waals surface area contributed by atoms with Crippen LogP contribution in [0.5, 0.6) is 5.75 Å². The predicted octanol–water partition coefficient (Wildman–Crippen LogP) is 3.23. The number of likely N-dealkylation sites (tertiary alicyclic amines) is 1. The van der Waals surface area contributed by atoms with Crippen molar-refractivity contribution in [3.8, 4) is 5.75 Å². The standard InChI is InChI=1S/C19H20N4O6/c1-29-18-12-16(23(27)28)5-6-17(18)20-14-7-9-21(10-8-14)19(24)13-3-2-4-15(11-13)22(25)26/h2-6,11-12,14,20H,7-10H2,1H3. The van der Waals surface area contributed by atoms with Gasteiger partial charge in [-0.1, -0.05) is 6.07 Å². The van der Waals surface area contributed by atoms with Gasteiger partial charge in [0.05, 0.1) is 28.7 Å². The number of benzene rings is 2. The van der Waals surface area contributed by atoms with E-state index in [2.05, 4.69) is 5.32 Å². The van der Waals surface area contributed by atoms with Crippen molar-refractivity contribution in [2.24, 2.45) is 0 Å². The molecule has 10 nitrogen and oxygen atoms in total. The molecule has 1 N–H and O–H groups in total. The minimum Gasteiger partial charge on any atom is -0.494 e. The van der Waals surface area contributed by atoms with E-state index in [1.807, 2.05) is 0 Å². The highest BCUT2D eigenvalue weighted by Gasteiger charge is 2.25. The zero-order chi connectivity index (χ0) is 21.0. The Balaban J connectivity index is 1.62. The van der Waals surface area contributed by atoms with Crippen molar-refractivity contribution < 1.29 is 19.4 Å². The van der Waals surface area contributed by atoms with E-state index in [0.29, 0.717) is 42.9 Å². The van der Waals surface area contributed by atoms with E-state index in [-0.39, 0.29) is 23.3 Å². The topological polar surface area (TPSA) is 128 Å². The van der Waals surface area contributed by atoms with Crippen molar-refractivity contribution >= 4 is 23.0 Å². The fourth-order valence-electron chi connectivity index (χ4n) is 3.29. The molecule has 0 aliphatic carbocycles. The molecule has 3 rings (SSSR count). The van der Waals surface area contributed by atoms with Gasteiger partial charge in [0.25, 0.3) is 17.3 Å². The molecule has 0 radical (unpaired) electrons. The van der Waals surface area contributed by atoms with E-state index in [9.17, 15) is 25.0 Å². The first-order chi connectivity index (χ1) is 13.9. The van der Waals surface area contributed by atoms with E-state index in [0.717, 1.165) is 0 Å². The second kappa shape index (κ2) is 8.55. The highest BCUT2D eigenvalue weighted by Crippen LogP contribution is 2.31. The zero-order valence-electron chi connectivity index (χ0n) is 15.7. The number of nitrogens with zero attached hydrogens (tertiary/aromatic N) is 3. The summed E-state index contributed by atoms with van der Waals surface area (Å²) in [5.41, 5.74) is 0.784. The summed E-state index contributed by atoms with van der Waals surface area (Å²) in [7, 11) is 1.45. The van der Waals surface area contributed by atoms with Crippen LogP contribution in [-0.2, 0) is 0 Å². The number of carbonyl (C=O) groups is 1. The highest BCUT2D eigenvalue weighted by atomic mass is 16.6. The number of anilines is 1. The Hall–Kier alpha value is -3.69. The maximum Gasteiger partial charge on any atom is 0.273 e. The molecule has 1 amide bonds. The number of nitro benzene ring substituents is 2. The maximum atomic E-state index is 12.6. The van der Waals surface area contributed by atoms with Gasteiger partial charge in [0.1, 0.15) is 5.75 Å². The highest BCUT2D eigenvalue weighted by molar-refractivity contribution is 5.94. The summed E-state index contributed by atoms with van der Waals surface area (Å²) in [5, 5.41) is 25.1. The van der Waals surface area contributed by atoms with Crippen LogP contribution >= 0.6 is 0 Å². The van der Waals surface area contributed by atoms with Crippen LogP contribution in [0.4, 0.5) is 17.1 Å². The van der Waals surface area contributed by atoms with Gasteiger partial charge in [-0.3, -0.25) is 25.0 Å². The molecule has 0 unspecified atom stereocenters. The van der Waals surface area contributed by atoms with Crippen LogP contribution in [0, 0.1) is 20.2 Å². The summed E-state index contributed by atoms with van der Waals surface area (Å²) in [6.07, 6.45) is 1.33. The average molecular weight is 400 g/mol. The smallest absolute Gasteiger partial charge is 0.273 e. The molecule has 1 aliphatic rings. The quantitative estimate of drug-likeness (QED) is 0.582. The molecule has 2 aromatic carbocycles. The van der Waals surface area contributed by atoms with Crippen molar-refractivity contribution in [2.45, 2.75) is 18.9 Å². The number of rotatable bonds is 6. The lowest BCUT2D eigenvalue weighted by Crippen LogP contribution is -2.42. The lowest BCUT2D eigenvalue weighted by Gasteiger charge is -2.33. The number of hydrogen-bond acceptors (Lipinski definition) is 7. The third-order valence-corrected chi connectivity index (χ3v) is 4.84. The summed E-state index contributed by atoms with van der Waals surface area (Å²) in [6, 6.07) is 10.2. The van der Waals surface area contributed by atoms with Crippen LogP contribution < -0.4 is 10.1 Å². The molecular weight excluding hydrogens is 380 g/mol. The van der Waals surface area contributed by atoms with E-state index < -0.39 is 9.85 Å². The Morgan fingerprint density at radius 1 is 1.07 bits per heavy atom. The lowest BCUT2D eigenvalue weighted by atomic mass is 10.0. The molecule has 0 bridgehead atoms. The van der Waals surface area contributed by atoms with Crippen LogP contribution in [0.25, 0.3) is 0 Å². The van der Waals surface area contributed by atoms with Crippen molar-refractivity contribution in [3.05, 3.63) is 68.3 Å². The van der Waals surface area contributed by atoms with Crippen LogP contribution in [0.2, 0.25) is 0 Å². The molecule has 10 heteroatoms. The molecule has 0 aromatic heterocycles. The Morgan fingerprint density at radius 2 is 1.72 bits per heavy atom. The van der Waals surface area contributed by atoms with Crippen LogP contribution in [0.1, 0.15) is 23.2 Å². The first kappa shape index (κ1) is 20.1. The predicted molar refractivity (Wildman–Crippen MR) is 105 cm³/mol. The zero-order valence-corrected chi connectivity index (χ0v) is 15.7. The summed E-state index contributed by atoms with van der Waals surface area (Å²) in [6.45, 7) is 0.989. The molecule has 0 spiro atoms. The first-order valence-corrected chi connectivity index (χ1v) is 9.01. The second-order valence-corrected chi connectivity index (χ2v) is 6.66. The van der Waals surface area contributed by atoms with Crippen LogP contribution in [0.3, 0.4) is 0 Å².